The minimum Gasteiger partial charge on any atom is -0.210 e. The zero-order valence-corrected chi connectivity index (χ0v) is 25.8. The Morgan fingerprint density at radius 3 is 0.667 bits per heavy atom. The first-order valence-corrected chi connectivity index (χ1v) is 16.3. The summed E-state index contributed by atoms with van der Waals surface area (Å²) in [6.07, 6.45) is -6.18. The lowest BCUT2D eigenvalue weighted by Gasteiger charge is -2.44. The van der Waals surface area contributed by atoms with Crippen LogP contribution in [0.1, 0.15) is 20.8 Å². The van der Waals surface area contributed by atoms with Crippen molar-refractivity contribution in [3.8, 4) is 0 Å². The molecule has 0 aliphatic carbocycles. The third kappa shape index (κ3) is 6.30. The zero-order chi connectivity index (χ0) is 36.6. The van der Waals surface area contributed by atoms with E-state index in [1.54, 1.807) is 0 Å². The van der Waals surface area contributed by atoms with Crippen LogP contribution in [-0.2, 0) is 0 Å². The maximum Gasteiger partial charge on any atom is 0.191 e. The molecule has 4 aromatic carbocycles. The van der Waals surface area contributed by atoms with Crippen LogP contribution in [0.25, 0.3) is 0 Å². The first-order chi connectivity index (χ1) is 22.3. The van der Waals surface area contributed by atoms with Crippen LogP contribution >= 0.6 is 0 Å². The van der Waals surface area contributed by atoms with Gasteiger partial charge in [0.25, 0.3) is 0 Å². The van der Waals surface area contributed by atoms with Crippen molar-refractivity contribution in [3.63, 3.8) is 0 Å². The van der Waals surface area contributed by atoms with E-state index in [-0.39, 0.29) is 8.80 Å². The molecular weight excluding hydrogens is 703 g/mol. The number of halogens is 16. The van der Waals surface area contributed by atoms with E-state index >= 15 is 35.1 Å². The van der Waals surface area contributed by atoms with E-state index in [0.717, 1.165) is 0 Å². The van der Waals surface area contributed by atoms with Crippen LogP contribution < -0.4 is 21.9 Å². The van der Waals surface area contributed by atoms with Gasteiger partial charge in [0, 0.05) is 33.1 Å². The standard InChI is InChI=1S/C24H4BF16.C6H16Si/c26-5-1-9(30)17(34)21(38)13(5)25(14-6(27)2-10(31)18(35)22(14)39,15-7(28)3-11(32)19(36)23(15)40)16-8(29)4-12(33)20(37)24(16)41;1-4-7(5-2)6-3/h1-4H;7H,4-6H2,1-3H3/q-1;. The van der Waals surface area contributed by atoms with Gasteiger partial charge < -0.3 is 0 Å². The van der Waals surface area contributed by atoms with Gasteiger partial charge in [-0.3, -0.25) is 0 Å². The molecule has 0 radical (unpaired) electrons. The Morgan fingerprint density at radius 2 is 0.521 bits per heavy atom. The molecule has 0 aromatic heterocycles. The Bertz CT molecular complexity index is 1610. The summed E-state index contributed by atoms with van der Waals surface area (Å²) in [7, 11) is -0.171. The van der Waals surface area contributed by atoms with Crippen LogP contribution in [0.4, 0.5) is 70.2 Å². The lowest BCUT2D eigenvalue weighted by Crippen LogP contribution is -2.80. The molecule has 260 valence electrons. The highest BCUT2D eigenvalue weighted by Gasteiger charge is 2.49. The Kier molecular flexibility index (Phi) is 11.8. The zero-order valence-electron chi connectivity index (χ0n) is 24.6. The molecule has 0 nitrogen and oxygen atoms in total. The second-order valence-electron chi connectivity index (χ2n) is 10.5. The van der Waals surface area contributed by atoms with Crippen molar-refractivity contribution in [2.24, 2.45) is 0 Å². The van der Waals surface area contributed by atoms with Crippen molar-refractivity contribution in [1.82, 2.24) is 0 Å². The average Bonchev–Trinajstić information content (AvgIpc) is 3.01. The highest BCUT2D eigenvalue weighted by Crippen LogP contribution is 2.27. The normalized spacial score (nSPS) is 11.7. The van der Waals surface area contributed by atoms with Gasteiger partial charge in [-0.2, -0.15) is 0 Å². The third-order valence-electron chi connectivity index (χ3n) is 8.06. The molecule has 4 rings (SSSR count). The summed E-state index contributed by atoms with van der Waals surface area (Å²) in [5.41, 5.74) is -10.9. The Hall–Kier alpha value is -3.96. The molecule has 0 bridgehead atoms. The minimum atomic E-state index is -6.18. The second-order valence-corrected chi connectivity index (χ2v) is 14.7. The molecule has 0 spiro atoms. The van der Waals surface area contributed by atoms with Crippen molar-refractivity contribution in [2.45, 2.75) is 38.9 Å². The van der Waals surface area contributed by atoms with Gasteiger partial charge in [0.1, 0.15) is 29.4 Å². The van der Waals surface area contributed by atoms with E-state index in [9.17, 15) is 35.1 Å². The molecule has 0 saturated heterocycles. The molecule has 0 aliphatic heterocycles. The van der Waals surface area contributed by atoms with Crippen LogP contribution in [0.15, 0.2) is 24.3 Å². The van der Waals surface area contributed by atoms with E-state index in [0.29, 0.717) is 0 Å². The summed E-state index contributed by atoms with van der Waals surface area (Å²) in [6.45, 7) is 6.97. The highest BCUT2D eigenvalue weighted by atomic mass is 28.3. The maximum atomic E-state index is 15.3. The number of rotatable bonds is 7. The average molecular weight is 723 g/mol. The summed E-state index contributed by atoms with van der Waals surface area (Å²) >= 11 is 0. The SMILES string of the molecule is CC[SiH](CC)CC.Fc1cc(F)c([B-](c2c(F)cc(F)c(F)c2F)(c2c(F)cc(F)c(F)c2F)c2c(F)cc(F)c(F)c2F)c(F)c1F. The predicted molar refractivity (Wildman–Crippen MR) is 148 cm³/mol. The van der Waals surface area contributed by atoms with Crippen LogP contribution in [0.3, 0.4) is 0 Å². The van der Waals surface area contributed by atoms with Gasteiger partial charge in [-0.05, 0) is 0 Å². The lowest BCUT2D eigenvalue weighted by molar-refractivity contribution is 0.434. The molecule has 18 heteroatoms. The van der Waals surface area contributed by atoms with Crippen molar-refractivity contribution >= 4 is 36.8 Å². The molecule has 0 atom stereocenters. The summed E-state index contributed by atoms with van der Waals surface area (Å²) in [5.74, 6) is -45.1. The van der Waals surface area contributed by atoms with Crippen molar-refractivity contribution in [2.75, 3.05) is 0 Å². The second kappa shape index (κ2) is 14.7. The monoisotopic (exact) mass is 723 g/mol. The quantitative estimate of drug-likeness (QED) is 0.0800. The molecule has 0 fully saturated rings. The fraction of sp³-hybridized carbons (Fsp3) is 0.200. The molecule has 0 saturated carbocycles. The maximum absolute atomic E-state index is 15.3. The lowest BCUT2D eigenvalue weighted by atomic mass is 9.12. The van der Waals surface area contributed by atoms with Crippen LogP contribution in [0, 0.1) is 93.1 Å². The molecule has 0 N–H and O–H groups in total. The molecule has 0 aliphatic rings. The number of hydrogen-bond acceptors (Lipinski definition) is 0. The predicted octanol–water partition coefficient (Wildman–Crippen LogP) is 7.56. The summed E-state index contributed by atoms with van der Waals surface area (Å²) in [6, 6.07) is 1.56. The van der Waals surface area contributed by atoms with Gasteiger partial charge >= 0.3 is 0 Å². The Morgan fingerprint density at radius 1 is 0.333 bits per heavy atom. The molecule has 0 amide bonds. The van der Waals surface area contributed by atoms with E-state index in [4.69, 9.17) is 0 Å². The largest absolute Gasteiger partial charge is 0.210 e. The summed E-state index contributed by atoms with van der Waals surface area (Å²) in [5, 5.41) is 0. The van der Waals surface area contributed by atoms with E-state index < -0.39 is 145 Å². The first kappa shape index (κ1) is 38.5. The topological polar surface area (TPSA) is 0 Å². The van der Waals surface area contributed by atoms with Gasteiger partial charge in [0.15, 0.2) is 46.5 Å². The third-order valence-corrected chi connectivity index (χ3v) is 11.5. The Labute approximate surface area is 263 Å². The van der Waals surface area contributed by atoms with Crippen LogP contribution in [-0.4, -0.2) is 14.9 Å². The molecule has 0 heterocycles. The highest BCUT2D eigenvalue weighted by molar-refractivity contribution is 7.20. The van der Waals surface area contributed by atoms with Crippen molar-refractivity contribution in [3.05, 3.63) is 117 Å². The summed E-state index contributed by atoms with van der Waals surface area (Å²) < 4.78 is 235. The van der Waals surface area contributed by atoms with E-state index in [1.807, 2.05) is 0 Å². The molecular formula is C30H20BF16Si-. The van der Waals surface area contributed by atoms with Gasteiger partial charge in [-0.1, -0.05) is 38.9 Å². The van der Waals surface area contributed by atoms with Gasteiger partial charge in [-0.15, -0.1) is 21.9 Å². The first-order valence-electron chi connectivity index (χ1n) is 13.8. The Balaban J connectivity index is 0.000000804. The van der Waals surface area contributed by atoms with E-state index in [1.165, 1.54) is 18.1 Å². The van der Waals surface area contributed by atoms with Gasteiger partial charge in [0.05, 0.1) is 23.3 Å². The molecule has 48 heavy (non-hydrogen) atoms. The van der Waals surface area contributed by atoms with E-state index in [2.05, 4.69) is 20.8 Å². The van der Waals surface area contributed by atoms with Crippen LogP contribution in [0.2, 0.25) is 18.1 Å². The fourth-order valence-corrected chi connectivity index (χ4v) is 7.37. The molecule has 0 unspecified atom stereocenters. The smallest absolute Gasteiger partial charge is 0.191 e. The van der Waals surface area contributed by atoms with Gasteiger partial charge in [-0.25, -0.2) is 70.2 Å². The number of hydrogen-bond donors (Lipinski definition) is 0. The minimum absolute atomic E-state index is 0.171. The number of benzene rings is 4. The molecule has 4 aromatic rings. The summed E-state index contributed by atoms with van der Waals surface area (Å²) in [4.78, 5) is 0. The van der Waals surface area contributed by atoms with Crippen LogP contribution in [0.5, 0.6) is 0 Å². The van der Waals surface area contributed by atoms with Crippen molar-refractivity contribution < 1.29 is 70.2 Å². The van der Waals surface area contributed by atoms with Crippen molar-refractivity contribution in [1.29, 1.82) is 0 Å². The van der Waals surface area contributed by atoms with Gasteiger partial charge in [0.2, 0.25) is 0 Å². The fourth-order valence-electron chi connectivity index (χ4n) is 5.64.